The summed E-state index contributed by atoms with van der Waals surface area (Å²) >= 11 is 0. The SMILES string of the molecule is Nc1cc(CN2CCN3C(=O)NC(=O)C3C2)nc2c(-c3cnc4ccccc4c3)cnn12. The number of piperazine rings is 1. The molecule has 6 rings (SSSR count). The van der Waals surface area contributed by atoms with E-state index < -0.39 is 6.04 Å². The topological polar surface area (TPSA) is 122 Å². The van der Waals surface area contributed by atoms with Crippen LogP contribution in [-0.2, 0) is 11.3 Å². The van der Waals surface area contributed by atoms with E-state index in [0.29, 0.717) is 37.6 Å². The maximum absolute atomic E-state index is 12.1. The van der Waals surface area contributed by atoms with Gasteiger partial charge < -0.3 is 10.6 Å². The zero-order valence-electron chi connectivity index (χ0n) is 17.1. The number of imide groups is 1. The number of hydrogen-bond donors (Lipinski definition) is 2. The third-order valence-corrected chi connectivity index (χ3v) is 6.10. The van der Waals surface area contributed by atoms with E-state index in [0.717, 1.165) is 27.7 Å². The zero-order valence-corrected chi connectivity index (χ0v) is 17.1. The van der Waals surface area contributed by atoms with Crippen molar-refractivity contribution in [2.24, 2.45) is 0 Å². The van der Waals surface area contributed by atoms with Crippen LogP contribution in [0.1, 0.15) is 5.69 Å². The number of rotatable bonds is 3. The second-order valence-electron chi connectivity index (χ2n) is 8.12. The maximum atomic E-state index is 12.1. The van der Waals surface area contributed by atoms with Gasteiger partial charge in [0.15, 0.2) is 5.65 Å². The standard InChI is InChI=1S/C22H20N8O2/c23-19-8-15(11-28-5-6-29-18(12-28)21(31)27-22(29)32)26-20-16(10-25-30(19)20)14-7-13-3-1-2-4-17(13)24-9-14/h1-4,7-10,18H,5-6,11-12,23H2,(H,27,31,32). The van der Waals surface area contributed by atoms with Gasteiger partial charge in [-0.25, -0.2) is 9.78 Å². The summed E-state index contributed by atoms with van der Waals surface area (Å²) in [6, 6.07) is 11.0. The molecule has 2 aliphatic rings. The molecule has 2 aliphatic heterocycles. The molecule has 1 aromatic carbocycles. The van der Waals surface area contributed by atoms with Crippen molar-refractivity contribution in [2.45, 2.75) is 12.6 Å². The van der Waals surface area contributed by atoms with Crippen LogP contribution in [0.25, 0.3) is 27.7 Å². The highest BCUT2D eigenvalue weighted by Gasteiger charge is 2.41. The van der Waals surface area contributed by atoms with Gasteiger partial charge in [-0.1, -0.05) is 18.2 Å². The molecular weight excluding hydrogens is 408 g/mol. The minimum Gasteiger partial charge on any atom is -0.384 e. The van der Waals surface area contributed by atoms with E-state index in [-0.39, 0.29) is 11.9 Å². The monoisotopic (exact) mass is 428 g/mol. The molecule has 0 aliphatic carbocycles. The molecule has 1 unspecified atom stereocenters. The molecule has 4 aromatic rings. The number of fused-ring (bicyclic) bond motifs is 3. The van der Waals surface area contributed by atoms with E-state index in [4.69, 9.17) is 10.7 Å². The molecule has 2 saturated heterocycles. The summed E-state index contributed by atoms with van der Waals surface area (Å²) in [6.45, 7) is 2.14. The number of pyridine rings is 1. The van der Waals surface area contributed by atoms with E-state index in [1.54, 1.807) is 21.7 Å². The molecular formula is C22H20N8O2. The Bertz CT molecular complexity index is 1400. The fraction of sp³-hybridized carbons (Fsp3) is 0.227. The van der Waals surface area contributed by atoms with Gasteiger partial charge in [0, 0.05) is 55.0 Å². The highest BCUT2D eigenvalue weighted by Crippen LogP contribution is 2.27. The summed E-state index contributed by atoms with van der Waals surface area (Å²) in [4.78, 5) is 37.0. The lowest BCUT2D eigenvalue weighted by Gasteiger charge is -2.35. The third-order valence-electron chi connectivity index (χ3n) is 6.10. The molecule has 3 N–H and O–H groups in total. The minimum absolute atomic E-state index is 0.246. The molecule has 1 atom stereocenters. The molecule has 3 aromatic heterocycles. The molecule has 0 spiro atoms. The average Bonchev–Trinajstić information content (AvgIpc) is 3.34. The molecule has 32 heavy (non-hydrogen) atoms. The van der Waals surface area contributed by atoms with Gasteiger partial charge in [0.1, 0.15) is 11.9 Å². The number of para-hydroxylation sites is 1. The highest BCUT2D eigenvalue weighted by atomic mass is 16.2. The van der Waals surface area contributed by atoms with Gasteiger partial charge in [-0.05, 0) is 12.1 Å². The fourth-order valence-electron chi connectivity index (χ4n) is 4.48. The van der Waals surface area contributed by atoms with Crippen LogP contribution in [-0.4, -0.2) is 67.0 Å². The zero-order chi connectivity index (χ0) is 21.8. The first-order valence-electron chi connectivity index (χ1n) is 10.4. The van der Waals surface area contributed by atoms with Gasteiger partial charge >= 0.3 is 6.03 Å². The number of benzene rings is 1. The first kappa shape index (κ1) is 18.7. The van der Waals surface area contributed by atoms with E-state index in [2.05, 4.69) is 26.4 Å². The van der Waals surface area contributed by atoms with Crippen molar-refractivity contribution in [1.29, 1.82) is 0 Å². The summed E-state index contributed by atoms with van der Waals surface area (Å²) < 4.78 is 1.62. The van der Waals surface area contributed by atoms with E-state index in [1.807, 2.05) is 30.5 Å². The molecule has 2 fully saturated rings. The van der Waals surface area contributed by atoms with Crippen LogP contribution in [0.5, 0.6) is 0 Å². The van der Waals surface area contributed by atoms with Crippen LogP contribution in [0.4, 0.5) is 10.6 Å². The fourth-order valence-corrected chi connectivity index (χ4v) is 4.48. The third kappa shape index (κ3) is 2.95. The first-order valence-corrected chi connectivity index (χ1v) is 10.4. The Morgan fingerprint density at radius 2 is 2.00 bits per heavy atom. The van der Waals surface area contributed by atoms with Crippen molar-refractivity contribution in [3.8, 4) is 11.1 Å². The van der Waals surface area contributed by atoms with Crippen LogP contribution < -0.4 is 11.1 Å². The van der Waals surface area contributed by atoms with Crippen molar-refractivity contribution in [3.63, 3.8) is 0 Å². The van der Waals surface area contributed by atoms with Crippen molar-refractivity contribution < 1.29 is 9.59 Å². The Hall–Kier alpha value is -4.05. The number of anilines is 1. The van der Waals surface area contributed by atoms with Gasteiger partial charge in [0.2, 0.25) is 0 Å². The highest BCUT2D eigenvalue weighted by molar-refractivity contribution is 6.04. The van der Waals surface area contributed by atoms with Crippen molar-refractivity contribution in [1.82, 2.24) is 34.7 Å². The van der Waals surface area contributed by atoms with Crippen molar-refractivity contribution in [2.75, 3.05) is 25.4 Å². The molecule has 10 nitrogen and oxygen atoms in total. The van der Waals surface area contributed by atoms with Gasteiger partial charge in [-0.3, -0.25) is 20.0 Å². The smallest absolute Gasteiger partial charge is 0.324 e. The predicted octanol–water partition coefficient (Wildman–Crippen LogP) is 1.26. The number of aromatic nitrogens is 4. The summed E-state index contributed by atoms with van der Waals surface area (Å²) in [5.74, 6) is 0.238. The van der Waals surface area contributed by atoms with Gasteiger partial charge in [-0.2, -0.15) is 9.61 Å². The average molecular weight is 428 g/mol. The second kappa shape index (κ2) is 6.99. The maximum Gasteiger partial charge on any atom is 0.324 e. The Morgan fingerprint density at radius 1 is 1.12 bits per heavy atom. The predicted molar refractivity (Wildman–Crippen MR) is 117 cm³/mol. The number of nitrogens with one attached hydrogen (secondary N) is 1. The van der Waals surface area contributed by atoms with Gasteiger partial charge in [0.05, 0.1) is 17.4 Å². The Morgan fingerprint density at radius 3 is 2.91 bits per heavy atom. The Labute approximate surface area is 182 Å². The summed E-state index contributed by atoms with van der Waals surface area (Å²) in [6.07, 6.45) is 3.57. The Kier molecular flexibility index (Phi) is 4.08. The molecule has 0 saturated carbocycles. The number of carbonyl (C=O) groups excluding carboxylic acids is 2. The lowest BCUT2D eigenvalue weighted by molar-refractivity contribution is -0.122. The molecule has 3 amide bonds. The van der Waals surface area contributed by atoms with E-state index in [1.165, 1.54) is 0 Å². The Balaban J connectivity index is 1.33. The number of amides is 3. The number of nitrogens with zero attached hydrogens (tertiary/aromatic N) is 6. The molecule has 0 radical (unpaired) electrons. The van der Waals surface area contributed by atoms with Crippen molar-refractivity contribution >= 4 is 34.3 Å². The normalized spacial score (nSPS) is 19.0. The van der Waals surface area contributed by atoms with Crippen LogP contribution in [0.3, 0.4) is 0 Å². The summed E-state index contributed by atoms with van der Waals surface area (Å²) in [7, 11) is 0. The van der Waals surface area contributed by atoms with Crippen LogP contribution in [0.15, 0.2) is 48.8 Å². The van der Waals surface area contributed by atoms with Crippen LogP contribution in [0.2, 0.25) is 0 Å². The minimum atomic E-state index is -0.452. The lowest BCUT2D eigenvalue weighted by atomic mass is 10.1. The van der Waals surface area contributed by atoms with Gasteiger partial charge in [0.25, 0.3) is 5.91 Å². The van der Waals surface area contributed by atoms with Gasteiger partial charge in [-0.15, -0.1) is 0 Å². The number of urea groups is 1. The molecule has 10 heteroatoms. The summed E-state index contributed by atoms with van der Waals surface area (Å²) in [5.41, 5.74) is 10.4. The van der Waals surface area contributed by atoms with Crippen LogP contribution >= 0.6 is 0 Å². The van der Waals surface area contributed by atoms with Crippen molar-refractivity contribution in [3.05, 3.63) is 54.5 Å². The number of carbonyl (C=O) groups is 2. The number of hydrogen-bond acceptors (Lipinski definition) is 7. The number of nitrogens with two attached hydrogens (primary N) is 1. The first-order chi connectivity index (χ1) is 15.6. The van der Waals surface area contributed by atoms with Crippen LogP contribution in [0, 0.1) is 0 Å². The number of nitrogen functional groups attached to an aromatic ring is 1. The molecule has 5 heterocycles. The largest absolute Gasteiger partial charge is 0.384 e. The van der Waals surface area contributed by atoms with E-state index >= 15 is 0 Å². The lowest BCUT2D eigenvalue weighted by Crippen LogP contribution is -2.52. The second-order valence-corrected chi connectivity index (χ2v) is 8.12. The summed E-state index contributed by atoms with van der Waals surface area (Å²) in [5, 5.41) is 7.83. The van der Waals surface area contributed by atoms with E-state index in [9.17, 15) is 9.59 Å². The molecule has 0 bridgehead atoms. The quantitative estimate of drug-likeness (QED) is 0.471. The molecule has 160 valence electrons.